The summed E-state index contributed by atoms with van der Waals surface area (Å²) in [6.07, 6.45) is 26.5. The molecule has 0 spiro atoms. The van der Waals surface area contributed by atoms with Crippen molar-refractivity contribution in [2.24, 2.45) is 41.4 Å². The zero-order chi connectivity index (χ0) is 17.1. The van der Waals surface area contributed by atoms with Crippen LogP contribution in [0.5, 0.6) is 0 Å². The second-order valence-corrected chi connectivity index (χ2v) is 10.7. The van der Waals surface area contributed by atoms with Crippen molar-refractivity contribution in [1.82, 2.24) is 0 Å². The van der Waals surface area contributed by atoms with Gasteiger partial charge in [-0.25, -0.2) is 0 Å². The van der Waals surface area contributed by atoms with Gasteiger partial charge in [-0.2, -0.15) is 0 Å². The van der Waals surface area contributed by atoms with Crippen LogP contribution in [-0.2, 0) is 0 Å². The molecule has 0 heterocycles. The van der Waals surface area contributed by atoms with E-state index in [1.807, 2.05) is 0 Å². The Morgan fingerprint density at radius 2 is 1.20 bits per heavy atom. The highest BCUT2D eigenvalue weighted by atomic mass is 14.5. The van der Waals surface area contributed by atoms with E-state index in [4.69, 9.17) is 0 Å². The molecule has 5 unspecified atom stereocenters. The smallest absolute Gasteiger partial charge is 0.0355 e. The normalized spacial score (nSPS) is 41.9. The van der Waals surface area contributed by atoms with Crippen molar-refractivity contribution in [1.29, 1.82) is 0 Å². The van der Waals surface area contributed by atoms with Crippen molar-refractivity contribution >= 4 is 0 Å². The molecule has 0 radical (unpaired) electrons. The van der Waals surface area contributed by atoms with Crippen molar-refractivity contribution in [2.45, 2.75) is 116 Å². The highest BCUT2D eigenvalue weighted by Crippen LogP contribution is 2.52. The molecule has 0 aliphatic heterocycles. The van der Waals surface area contributed by atoms with Gasteiger partial charge in [0.25, 0.3) is 0 Å². The van der Waals surface area contributed by atoms with E-state index in [0.717, 1.165) is 41.4 Å². The summed E-state index contributed by atoms with van der Waals surface area (Å²) in [5.74, 6) is 7.68. The summed E-state index contributed by atoms with van der Waals surface area (Å²) in [6.45, 7) is 2.62. The van der Waals surface area contributed by atoms with Crippen LogP contribution in [0.1, 0.15) is 116 Å². The Balaban J connectivity index is 1.36. The Morgan fingerprint density at radius 1 is 0.560 bits per heavy atom. The van der Waals surface area contributed by atoms with Crippen molar-refractivity contribution in [3.05, 3.63) is 0 Å². The maximum atomic E-state index is 2.62. The summed E-state index contributed by atoms with van der Waals surface area (Å²) in [7, 11) is 0. The van der Waals surface area contributed by atoms with E-state index < -0.39 is 0 Å². The molecular weight excluding hydrogens is 300 g/mol. The van der Waals surface area contributed by atoms with E-state index in [0.29, 0.717) is 0 Å². The highest BCUT2D eigenvalue weighted by molar-refractivity contribution is 4.93. The van der Waals surface area contributed by atoms with E-state index >= 15 is 0 Å². The Kier molecular flexibility index (Phi) is 6.46. The predicted octanol–water partition coefficient (Wildman–Crippen LogP) is 8.01. The van der Waals surface area contributed by atoms with Crippen LogP contribution in [0.4, 0.5) is 0 Å². The molecular formula is C25H44. The Bertz CT molecular complexity index is 385. The highest BCUT2D eigenvalue weighted by Gasteiger charge is 2.42. The summed E-state index contributed by atoms with van der Waals surface area (Å²) >= 11 is 0. The zero-order valence-corrected chi connectivity index (χ0v) is 17.1. The van der Waals surface area contributed by atoms with Gasteiger partial charge in [0.1, 0.15) is 0 Å². The van der Waals surface area contributed by atoms with E-state index in [9.17, 15) is 0 Å². The second-order valence-electron chi connectivity index (χ2n) is 10.7. The second kappa shape index (κ2) is 8.79. The fraction of sp³-hybridized carbons (Fsp3) is 1.00. The zero-order valence-electron chi connectivity index (χ0n) is 17.1. The van der Waals surface area contributed by atoms with Crippen LogP contribution in [0.2, 0.25) is 0 Å². The van der Waals surface area contributed by atoms with Gasteiger partial charge in [0.15, 0.2) is 0 Å². The number of rotatable bonds is 3. The quantitative estimate of drug-likeness (QED) is 0.455. The van der Waals surface area contributed by atoms with Crippen LogP contribution >= 0.6 is 0 Å². The average Bonchev–Trinajstić information content (AvgIpc) is 2.93. The first-order valence-corrected chi connectivity index (χ1v) is 12.3. The maximum absolute atomic E-state index is 2.62. The van der Waals surface area contributed by atoms with Crippen LogP contribution in [-0.4, -0.2) is 0 Å². The minimum absolute atomic E-state index is 1.02. The van der Waals surface area contributed by atoms with Crippen LogP contribution < -0.4 is 0 Å². The minimum atomic E-state index is 1.02. The Morgan fingerprint density at radius 3 is 1.96 bits per heavy atom. The monoisotopic (exact) mass is 344 g/mol. The minimum Gasteiger partial charge on any atom is -0.0622 e. The average molecular weight is 345 g/mol. The van der Waals surface area contributed by atoms with Gasteiger partial charge in [-0.3, -0.25) is 0 Å². The molecule has 4 aliphatic rings. The van der Waals surface area contributed by atoms with Gasteiger partial charge >= 0.3 is 0 Å². The molecule has 0 amide bonds. The lowest BCUT2D eigenvalue weighted by atomic mass is 9.56. The maximum Gasteiger partial charge on any atom is -0.0355 e. The topological polar surface area (TPSA) is 0 Å². The fourth-order valence-electron chi connectivity index (χ4n) is 7.76. The molecule has 0 heteroatoms. The molecule has 0 aromatic carbocycles. The van der Waals surface area contributed by atoms with Gasteiger partial charge in [0, 0.05) is 0 Å². The summed E-state index contributed by atoms with van der Waals surface area (Å²) in [6, 6.07) is 0. The molecule has 4 rings (SSSR count). The lowest BCUT2D eigenvalue weighted by Gasteiger charge is -2.49. The standard InChI is InChI=1S/C25H44/c1-19-13-14-23-18-22(21-11-7-4-8-12-21)15-16-24(23)25(19)17-20-9-5-2-3-6-10-20/h19-25H,2-18H2,1H3. The van der Waals surface area contributed by atoms with Gasteiger partial charge in [-0.15, -0.1) is 0 Å². The van der Waals surface area contributed by atoms with Gasteiger partial charge in [-0.1, -0.05) is 84.0 Å². The first kappa shape index (κ1) is 18.4. The molecule has 25 heavy (non-hydrogen) atoms. The van der Waals surface area contributed by atoms with Crippen LogP contribution in [0.25, 0.3) is 0 Å². The molecule has 0 saturated heterocycles. The van der Waals surface area contributed by atoms with Crippen LogP contribution in [0.3, 0.4) is 0 Å². The van der Waals surface area contributed by atoms with E-state index in [-0.39, 0.29) is 0 Å². The van der Waals surface area contributed by atoms with Crippen LogP contribution in [0, 0.1) is 41.4 Å². The summed E-state index contributed by atoms with van der Waals surface area (Å²) in [5.41, 5.74) is 0. The molecule has 4 fully saturated rings. The Hall–Kier alpha value is 0. The summed E-state index contributed by atoms with van der Waals surface area (Å²) in [4.78, 5) is 0. The number of hydrogen-bond donors (Lipinski definition) is 0. The van der Waals surface area contributed by atoms with Gasteiger partial charge < -0.3 is 0 Å². The molecule has 144 valence electrons. The van der Waals surface area contributed by atoms with E-state index in [1.165, 1.54) is 44.9 Å². The third kappa shape index (κ3) is 4.47. The molecule has 0 nitrogen and oxygen atoms in total. The molecule has 0 aromatic heterocycles. The molecule has 0 bridgehead atoms. The van der Waals surface area contributed by atoms with Crippen molar-refractivity contribution < 1.29 is 0 Å². The van der Waals surface area contributed by atoms with Gasteiger partial charge in [-0.05, 0) is 73.5 Å². The molecule has 0 N–H and O–H groups in total. The van der Waals surface area contributed by atoms with Crippen molar-refractivity contribution in [2.75, 3.05) is 0 Å². The first-order valence-electron chi connectivity index (χ1n) is 12.3. The first-order chi connectivity index (χ1) is 12.3. The fourth-order valence-corrected chi connectivity index (χ4v) is 7.76. The lowest BCUT2D eigenvalue weighted by Crippen LogP contribution is -2.40. The van der Waals surface area contributed by atoms with Gasteiger partial charge in [0.05, 0.1) is 0 Å². The van der Waals surface area contributed by atoms with Gasteiger partial charge in [0.2, 0.25) is 0 Å². The molecule has 4 saturated carbocycles. The Labute approximate surface area is 157 Å². The van der Waals surface area contributed by atoms with E-state index in [1.54, 1.807) is 64.2 Å². The molecule has 5 atom stereocenters. The third-order valence-electron chi connectivity index (χ3n) is 9.25. The summed E-state index contributed by atoms with van der Waals surface area (Å²) < 4.78 is 0. The van der Waals surface area contributed by atoms with Crippen molar-refractivity contribution in [3.63, 3.8) is 0 Å². The summed E-state index contributed by atoms with van der Waals surface area (Å²) in [5, 5.41) is 0. The van der Waals surface area contributed by atoms with Crippen molar-refractivity contribution in [3.8, 4) is 0 Å². The number of hydrogen-bond acceptors (Lipinski definition) is 0. The lowest BCUT2D eigenvalue weighted by molar-refractivity contribution is 0.00942. The van der Waals surface area contributed by atoms with E-state index in [2.05, 4.69) is 6.92 Å². The molecule has 4 aliphatic carbocycles. The molecule has 0 aromatic rings. The third-order valence-corrected chi connectivity index (χ3v) is 9.25. The SMILES string of the molecule is CC1CCC2CC(C3CCCCC3)CCC2C1CC1CCCCCC1. The predicted molar refractivity (Wildman–Crippen MR) is 109 cm³/mol. The largest absolute Gasteiger partial charge is 0.0622 e. The number of fused-ring (bicyclic) bond motifs is 1. The van der Waals surface area contributed by atoms with Crippen LogP contribution in [0.15, 0.2) is 0 Å².